The SMILES string of the molecule is CC1(C)C(=O)N(CC(=O)c2ccc(Br)cc2)S1(=O)=O. The molecule has 2 rings (SSSR count). The van der Waals surface area contributed by atoms with Gasteiger partial charge in [0.1, 0.15) is 6.54 Å². The molecule has 5 nitrogen and oxygen atoms in total. The number of hydrogen-bond acceptors (Lipinski definition) is 4. The highest BCUT2D eigenvalue weighted by molar-refractivity contribution is 9.10. The molecule has 0 spiro atoms. The van der Waals surface area contributed by atoms with Gasteiger partial charge in [-0.1, -0.05) is 28.1 Å². The number of hydrogen-bond donors (Lipinski definition) is 0. The van der Waals surface area contributed by atoms with Crippen molar-refractivity contribution in [2.75, 3.05) is 6.54 Å². The molecule has 1 heterocycles. The summed E-state index contributed by atoms with van der Waals surface area (Å²) in [5, 5.41) is 0. The van der Waals surface area contributed by atoms with Crippen LogP contribution in [0, 0.1) is 0 Å². The van der Waals surface area contributed by atoms with E-state index in [2.05, 4.69) is 15.9 Å². The van der Waals surface area contributed by atoms with Gasteiger partial charge in [-0.05, 0) is 26.0 Å². The van der Waals surface area contributed by atoms with E-state index in [9.17, 15) is 18.0 Å². The second-order valence-electron chi connectivity index (χ2n) is 4.76. The van der Waals surface area contributed by atoms with Gasteiger partial charge in [-0.15, -0.1) is 0 Å². The Morgan fingerprint density at radius 3 is 2.26 bits per heavy atom. The van der Waals surface area contributed by atoms with E-state index in [0.29, 0.717) is 9.87 Å². The maximum Gasteiger partial charge on any atom is 0.259 e. The van der Waals surface area contributed by atoms with Crippen LogP contribution < -0.4 is 0 Å². The van der Waals surface area contributed by atoms with Gasteiger partial charge in [-0.3, -0.25) is 9.59 Å². The maximum atomic E-state index is 11.9. The first-order valence-corrected chi connectivity index (χ1v) is 7.77. The molecular weight excluding hydrogens is 334 g/mol. The quantitative estimate of drug-likeness (QED) is 0.779. The third-order valence-electron chi connectivity index (χ3n) is 3.13. The van der Waals surface area contributed by atoms with Crippen molar-refractivity contribution in [3.05, 3.63) is 34.3 Å². The van der Waals surface area contributed by atoms with Crippen molar-refractivity contribution < 1.29 is 18.0 Å². The van der Waals surface area contributed by atoms with E-state index in [1.54, 1.807) is 24.3 Å². The number of carbonyl (C=O) groups is 2. The van der Waals surface area contributed by atoms with Gasteiger partial charge in [0.15, 0.2) is 10.5 Å². The van der Waals surface area contributed by atoms with Crippen molar-refractivity contribution in [3.8, 4) is 0 Å². The number of carbonyl (C=O) groups excluding carboxylic acids is 2. The molecule has 1 fully saturated rings. The normalized spacial score (nSPS) is 19.9. The molecule has 1 saturated heterocycles. The molecule has 0 N–H and O–H groups in total. The standard InChI is InChI=1S/C12H12BrNO4S/c1-12(2)11(16)14(19(12,17)18)7-10(15)8-3-5-9(13)6-4-8/h3-6H,7H2,1-2H3. The van der Waals surface area contributed by atoms with E-state index in [1.165, 1.54) is 13.8 Å². The number of amides is 1. The van der Waals surface area contributed by atoms with Gasteiger partial charge >= 0.3 is 0 Å². The number of nitrogens with zero attached hydrogens (tertiary/aromatic N) is 1. The summed E-state index contributed by atoms with van der Waals surface area (Å²) in [4.78, 5) is 23.6. The topological polar surface area (TPSA) is 71.5 Å². The summed E-state index contributed by atoms with van der Waals surface area (Å²) in [6.07, 6.45) is 0. The highest BCUT2D eigenvalue weighted by atomic mass is 79.9. The number of ketones is 1. The Morgan fingerprint density at radius 1 is 1.26 bits per heavy atom. The molecule has 1 aliphatic heterocycles. The third-order valence-corrected chi connectivity index (χ3v) is 6.00. The first-order chi connectivity index (χ1) is 8.68. The highest BCUT2D eigenvalue weighted by Gasteiger charge is 2.60. The van der Waals surface area contributed by atoms with E-state index in [-0.39, 0.29) is 0 Å². The van der Waals surface area contributed by atoms with Crippen LogP contribution in [0.15, 0.2) is 28.7 Å². The Balaban J connectivity index is 2.18. The number of Topliss-reactive ketones (excluding diaryl/α,β-unsaturated/α-hetero) is 1. The number of halogens is 1. The molecule has 0 radical (unpaired) electrons. The van der Waals surface area contributed by atoms with Gasteiger partial charge in [-0.2, -0.15) is 0 Å². The van der Waals surface area contributed by atoms with Crippen LogP contribution in [0.25, 0.3) is 0 Å². The minimum Gasteiger partial charge on any atom is -0.292 e. The van der Waals surface area contributed by atoms with Crippen molar-refractivity contribution in [2.45, 2.75) is 18.6 Å². The lowest BCUT2D eigenvalue weighted by Crippen LogP contribution is -2.68. The second kappa shape index (κ2) is 4.42. The summed E-state index contributed by atoms with van der Waals surface area (Å²) >= 11 is 3.24. The van der Waals surface area contributed by atoms with Crippen LogP contribution in [0.2, 0.25) is 0 Å². The summed E-state index contributed by atoms with van der Waals surface area (Å²) < 4.78 is 23.7. The van der Waals surface area contributed by atoms with Crippen LogP contribution in [-0.4, -0.2) is 35.7 Å². The van der Waals surface area contributed by atoms with E-state index >= 15 is 0 Å². The van der Waals surface area contributed by atoms with E-state index in [1.807, 2.05) is 0 Å². The molecule has 0 aromatic heterocycles. The van der Waals surface area contributed by atoms with Gasteiger partial charge in [0, 0.05) is 10.0 Å². The number of rotatable bonds is 3. The molecule has 19 heavy (non-hydrogen) atoms. The van der Waals surface area contributed by atoms with Crippen LogP contribution in [0.5, 0.6) is 0 Å². The summed E-state index contributed by atoms with van der Waals surface area (Å²) in [5.74, 6) is -0.946. The van der Waals surface area contributed by atoms with Gasteiger partial charge in [-0.25, -0.2) is 12.7 Å². The zero-order valence-corrected chi connectivity index (χ0v) is 12.8. The molecule has 1 amide bonds. The maximum absolute atomic E-state index is 11.9. The summed E-state index contributed by atoms with van der Waals surface area (Å²) in [7, 11) is -3.71. The Hall–Kier alpha value is -1.21. The molecule has 1 aliphatic rings. The lowest BCUT2D eigenvalue weighted by Gasteiger charge is -2.42. The third kappa shape index (κ3) is 2.10. The first-order valence-electron chi connectivity index (χ1n) is 5.53. The molecule has 1 aromatic carbocycles. The van der Waals surface area contributed by atoms with Gasteiger partial charge in [0.05, 0.1) is 0 Å². The summed E-state index contributed by atoms with van der Waals surface area (Å²) in [5.41, 5.74) is 0.371. The lowest BCUT2D eigenvalue weighted by atomic mass is 10.1. The monoisotopic (exact) mass is 345 g/mol. The highest BCUT2D eigenvalue weighted by Crippen LogP contribution is 2.34. The molecule has 0 saturated carbocycles. The molecule has 0 atom stereocenters. The lowest BCUT2D eigenvalue weighted by molar-refractivity contribution is -0.131. The van der Waals surface area contributed by atoms with Crippen LogP contribution >= 0.6 is 15.9 Å². The van der Waals surface area contributed by atoms with E-state index in [4.69, 9.17) is 0 Å². The predicted molar refractivity (Wildman–Crippen MR) is 73.2 cm³/mol. The Kier molecular flexibility index (Phi) is 3.30. The van der Waals surface area contributed by atoms with E-state index < -0.39 is 33.0 Å². The van der Waals surface area contributed by atoms with Crippen molar-refractivity contribution in [1.82, 2.24) is 4.31 Å². The molecule has 0 bridgehead atoms. The Morgan fingerprint density at radius 2 is 1.79 bits per heavy atom. The minimum absolute atomic E-state index is 0.371. The Bertz CT molecular complexity index is 649. The molecule has 0 unspecified atom stereocenters. The largest absolute Gasteiger partial charge is 0.292 e. The van der Waals surface area contributed by atoms with Crippen molar-refractivity contribution >= 4 is 37.6 Å². The van der Waals surface area contributed by atoms with Crippen LogP contribution in [0.1, 0.15) is 24.2 Å². The number of sulfonamides is 1. The van der Waals surface area contributed by atoms with Crippen molar-refractivity contribution in [1.29, 1.82) is 0 Å². The molecule has 0 aliphatic carbocycles. The number of benzene rings is 1. The average Bonchev–Trinajstić information content (AvgIpc) is 2.35. The zero-order chi connectivity index (χ0) is 14.4. The van der Waals surface area contributed by atoms with Crippen LogP contribution in [0.3, 0.4) is 0 Å². The molecule has 7 heteroatoms. The average molecular weight is 346 g/mol. The van der Waals surface area contributed by atoms with Crippen LogP contribution in [0.4, 0.5) is 0 Å². The molecule has 1 aromatic rings. The minimum atomic E-state index is -3.71. The molecular formula is C12H12BrNO4S. The first kappa shape index (κ1) is 14.2. The fourth-order valence-electron chi connectivity index (χ4n) is 1.77. The summed E-state index contributed by atoms with van der Waals surface area (Å²) in [6, 6.07) is 6.52. The fourth-order valence-corrected chi connectivity index (χ4v) is 3.52. The smallest absolute Gasteiger partial charge is 0.259 e. The van der Waals surface area contributed by atoms with Crippen molar-refractivity contribution in [3.63, 3.8) is 0 Å². The second-order valence-corrected chi connectivity index (χ2v) is 8.08. The van der Waals surface area contributed by atoms with Gasteiger partial charge < -0.3 is 0 Å². The Labute approximate surface area is 119 Å². The summed E-state index contributed by atoms with van der Waals surface area (Å²) in [6.45, 7) is 2.24. The fraction of sp³-hybridized carbons (Fsp3) is 0.333. The zero-order valence-electron chi connectivity index (χ0n) is 10.4. The van der Waals surface area contributed by atoms with Gasteiger partial charge in [0.25, 0.3) is 15.9 Å². The van der Waals surface area contributed by atoms with Crippen LogP contribution in [-0.2, 0) is 14.8 Å². The molecule has 102 valence electrons. The van der Waals surface area contributed by atoms with Gasteiger partial charge in [0.2, 0.25) is 0 Å². The van der Waals surface area contributed by atoms with E-state index in [0.717, 1.165) is 4.47 Å². The van der Waals surface area contributed by atoms with Crippen molar-refractivity contribution in [2.24, 2.45) is 0 Å². The predicted octanol–water partition coefficient (Wildman–Crippen LogP) is 1.58.